The van der Waals surface area contributed by atoms with Crippen LogP contribution in [0.1, 0.15) is 37.9 Å². The molecule has 200 valence electrons. The Kier molecular flexibility index (Phi) is 8.46. The van der Waals surface area contributed by atoms with Crippen LogP contribution in [0.3, 0.4) is 0 Å². The molecule has 1 aliphatic heterocycles. The first-order chi connectivity index (χ1) is 18.2. The molecule has 38 heavy (non-hydrogen) atoms. The maximum Gasteiger partial charge on any atom is 0.338 e. The van der Waals surface area contributed by atoms with Gasteiger partial charge in [-0.1, -0.05) is 17.4 Å². The third kappa shape index (κ3) is 5.17. The van der Waals surface area contributed by atoms with Gasteiger partial charge in [-0.2, -0.15) is 0 Å². The predicted molar refractivity (Wildman–Crippen MR) is 152 cm³/mol. The number of methoxy groups -OCH3 is 2. The summed E-state index contributed by atoms with van der Waals surface area (Å²) in [6, 6.07) is 7.92. The van der Waals surface area contributed by atoms with E-state index in [0.29, 0.717) is 53.6 Å². The number of rotatable bonds is 8. The van der Waals surface area contributed by atoms with Gasteiger partial charge in [-0.3, -0.25) is 9.36 Å². The number of phenols is 1. The van der Waals surface area contributed by atoms with Gasteiger partial charge in [-0.25, -0.2) is 9.79 Å². The van der Waals surface area contributed by atoms with Gasteiger partial charge in [0, 0.05) is 0 Å². The summed E-state index contributed by atoms with van der Waals surface area (Å²) >= 11 is 3.23. The van der Waals surface area contributed by atoms with Gasteiger partial charge in [-0.15, -0.1) is 0 Å². The Morgan fingerprint density at radius 2 is 1.87 bits per heavy atom. The monoisotopic (exact) mass is 650 g/mol. The van der Waals surface area contributed by atoms with Crippen LogP contribution in [0.25, 0.3) is 6.08 Å². The number of phenolic OH excluding ortho intramolecular Hbond substituents is 1. The van der Waals surface area contributed by atoms with Gasteiger partial charge in [-0.05, 0) is 84.8 Å². The molecule has 1 N–H and O–H groups in total. The minimum Gasteiger partial charge on any atom is -0.504 e. The summed E-state index contributed by atoms with van der Waals surface area (Å²) in [6.45, 7) is 5.85. The van der Waals surface area contributed by atoms with Crippen LogP contribution < -0.4 is 29.1 Å². The van der Waals surface area contributed by atoms with E-state index in [1.54, 1.807) is 50.3 Å². The van der Waals surface area contributed by atoms with E-state index < -0.39 is 12.0 Å². The molecule has 9 nitrogen and oxygen atoms in total. The smallest absolute Gasteiger partial charge is 0.338 e. The molecule has 4 rings (SSSR count). The van der Waals surface area contributed by atoms with E-state index in [1.807, 2.05) is 29.5 Å². The molecule has 0 saturated carbocycles. The zero-order valence-electron chi connectivity index (χ0n) is 21.5. The SMILES string of the molecule is CCOC(=O)C1=C(C)N=c2s/c(=C\c3cc(I)c(O)c(OCC)c3)c(=O)n2[C@@H]1c1ccc(OC)c(OC)c1. The second kappa shape index (κ2) is 11.6. The number of halogens is 1. The van der Waals surface area contributed by atoms with Crippen LogP contribution in [0, 0.1) is 3.57 Å². The molecule has 1 aromatic heterocycles. The van der Waals surface area contributed by atoms with Gasteiger partial charge in [0.25, 0.3) is 5.56 Å². The number of fused-ring (bicyclic) bond motifs is 1. The molecule has 11 heteroatoms. The molecule has 0 saturated heterocycles. The van der Waals surface area contributed by atoms with Gasteiger partial charge in [0.05, 0.1) is 52.8 Å². The molecule has 2 aromatic carbocycles. The van der Waals surface area contributed by atoms with Gasteiger partial charge in [0.1, 0.15) is 0 Å². The number of thiazole rings is 1. The van der Waals surface area contributed by atoms with Crippen molar-refractivity contribution < 1.29 is 28.8 Å². The minimum atomic E-state index is -0.786. The second-order valence-electron chi connectivity index (χ2n) is 8.20. The maximum atomic E-state index is 13.8. The first kappa shape index (κ1) is 27.7. The molecule has 0 radical (unpaired) electrons. The Hall–Kier alpha value is -3.32. The standard InChI is InChI=1S/C27H27IN2O7S/c1-6-36-20-11-15(10-17(28)24(20)31)12-21-25(32)30-23(16-8-9-18(34-4)19(13-16)35-5)22(26(33)37-7-2)14(3)29-27(30)38-21/h8-13,23,31H,6-7H2,1-5H3/b21-12-/t23-/m1/s1. The Morgan fingerprint density at radius 1 is 1.13 bits per heavy atom. The van der Waals surface area contributed by atoms with Crippen molar-refractivity contribution in [3.8, 4) is 23.0 Å². The van der Waals surface area contributed by atoms with Crippen LogP contribution in [0.4, 0.5) is 0 Å². The quantitative estimate of drug-likeness (QED) is 0.294. The van der Waals surface area contributed by atoms with E-state index in [9.17, 15) is 14.7 Å². The average molecular weight is 650 g/mol. The van der Waals surface area contributed by atoms with Crippen LogP contribution in [0.5, 0.6) is 23.0 Å². The zero-order valence-corrected chi connectivity index (χ0v) is 24.5. The van der Waals surface area contributed by atoms with Gasteiger partial charge < -0.3 is 24.1 Å². The van der Waals surface area contributed by atoms with Crippen molar-refractivity contribution in [2.75, 3.05) is 27.4 Å². The fraction of sp³-hybridized carbons (Fsp3) is 0.296. The van der Waals surface area contributed by atoms with E-state index in [1.165, 1.54) is 30.1 Å². The number of nitrogens with zero attached hydrogens (tertiary/aromatic N) is 2. The third-order valence-corrected chi connectivity index (χ3v) is 7.69. The Balaban J connectivity index is 1.96. The molecule has 0 spiro atoms. The van der Waals surface area contributed by atoms with Gasteiger partial charge in [0.15, 0.2) is 27.8 Å². The molecule has 0 aliphatic carbocycles. The minimum absolute atomic E-state index is 0.0502. The van der Waals surface area contributed by atoms with Gasteiger partial charge >= 0.3 is 5.97 Å². The van der Waals surface area contributed by atoms with Crippen LogP contribution in [-0.2, 0) is 9.53 Å². The number of carbonyl (C=O) groups is 1. The molecule has 3 aromatic rings. The topological polar surface area (TPSA) is 109 Å². The Bertz CT molecular complexity index is 1610. The van der Waals surface area contributed by atoms with Crippen molar-refractivity contribution in [2.45, 2.75) is 26.8 Å². The predicted octanol–water partition coefficient (Wildman–Crippen LogP) is 3.52. The van der Waals surface area contributed by atoms with E-state index in [0.717, 1.165) is 0 Å². The Labute approximate surface area is 236 Å². The van der Waals surface area contributed by atoms with E-state index in [4.69, 9.17) is 18.9 Å². The zero-order chi connectivity index (χ0) is 27.6. The van der Waals surface area contributed by atoms with Crippen molar-refractivity contribution in [2.24, 2.45) is 4.99 Å². The van der Waals surface area contributed by atoms with E-state index in [-0.39, 0.29) is 23.5 Å². The summed E-state index contributed by atoms with van der Waals surface area (Å²) in [5, 5.41) is 10.3. The second-order valence-corrected chi connectivity index (χ2v) is 10.4. The number of esters is 1. The molecule has 0 unspecified atom stereocenters. The molecule has 2 heterocycles. The maximum absolute atomic E-state index is 13.8. The molecule has 1 aliphatic rings. The summed E-state index contributed by atoms with van der Waals surface area (Å²) in [5.41, 5.74) is 1.75. The van der Waals surface area contributed by atoms with E-state index in [2.05, 4.69) is 4.99 Å². The van der Waals surface area contributed by atoms with Crippen molar-refractivity contribution in [1.82, 2.24) is 4.57 Å². The number of hydrogen-bond acceptors (Lipinski definition) is 9. The number of carbonyl (C=O) groups excluding carboxylic acids is 1. The first-order valence-corrected chi connectivity index (χ1v) is 13.7. The Morgan fingerprint density at radius 3 is 2.53 bits per heavy atom. The van der Waals surface area contributed by atoms with E-state index >= 15 is 0 Å². The largest absolute Gasteiger partial charge is 0.504 e. The molecular formula is C27H27IN2O7S. The lowest BCUT2D eigenvalue weighted by molar-refractivity contribution is -0.139. The number of hydrogen-bond donors (Lipinski definition) is 1. The highest BCUT2D eigenvalue weighted by atomic mass is 127. The van der Waals surface area contributed by atoms with Gasteiger partial charge in [0.2, 0.25) is 0 Å². The highest BCUT2D eigenvalue weighted by Gasteiger charge is 2.34. The number of benzene rings is 2. The lowest BCUT2D eigenvalue weighted by Gasteiger charge is -2.25. The highest BCUT2D eigenvalue weighted by Crippen LogP contribution is 2.36. The van der Waals surface area contributed by atoms with Crippen LogP contribution in [0.15, 0.2) is 51.4 Å². The highest BCUT2D eigenvalue weighted by molar-refractivity contribution is 14.1. The third-order valence-electron chi connectivity index (χ3n) is 5.89. The molecule has 1 atom stereocenters. The molecule has 0 amide bonds. The fourth-order valence-electron chi connectivity index (χ4n) is 4.22. The summed E-state index contributed by atoms with van der Waals surface area (Å²) in [6.07, 6.45) is 1.73. The molecule has 0 bridgehead atoms. The van der Waals surface area contributed by atoms with Crippen molar-refractivity contribution >= 4 is 46.0 Å². The van der Waals surface area contributed by atoms with Crippen molar-refractivity contribution in [1.29, 1.82) is 0 Å². The summed E-state index contributed by atoms with van der Waals surface area (Å²) < 4.78 is 24.3. The average Bonchev–Trinajstić information content (AvgIpc) is 3.19. The lowest BCUT2D eigenvalue weighted by Crippen LogP contribution is -2.40. The van der Waals surface area contributed by atoms with Crippen molar-refractivity contribution in [3.63, 3.8) is 0 Å². The first-order valence-electron chi connectivity index (χ1n) is 11.8. The fourth-order valence-corrected chi connectivity index (χ4v) is 5.90. The number of allylic oxidation sites excluding steroid dienone is 1. The number of ether oxygens (including phenoxy) is 4. The number of aromatic nitrogens is 1. The van der Waals surface area contributed by atoms with Crippen LogP contribution >= 0.6 is 33.9 Å². The summed E-state index contributed by atoms with van der Waals surface area (Å²) in [4.78, 5) is 32.0. The lowest BCUT2D eigenvalue weighted by atomic mass is 9.95. The molecule has 0 fully saturated rings. The normalized spacial score (nSPS) is 15.1. The summed E-state index contributed by atoms with van der Waals surface area (Å²) in [5.74, 6) is 0.828. The van der Waals surface area contributed by atoms with Crippen LogP contribution in [-0.4, -0.2) is 43.1 Å². The number of aromatic hydroxyl groups is 1. The summed E-state index contributed by atoms with van der Waals surface area (Å²) in [7, 11) is 3.06. The van der Waals surface area contributed by atoms with Crippen molar-refractivity contribution in [3.05, 3.63) is 76.0 Å². The van der Waals surface area contributed by atoms with Crippen LogP contribution in [0.2, 0.25) is 0 Å². The molecular weight excluding hydrogens is 623 g/mol.